The molecule has 1 fully saturated rings. The molecule has 0 unspecified atom stereocenters. The highest BCUT2D eigenvalue weighted by atomic mass is 16.2. The standard InChI is InChI=1S/C25H24N4O3/c30-23(16-26-18-12-14-20(15-13-18)27-24(31)17-10-11-17)29-22-9-5-4-8-21(22)25(32)28-19-6-2-1-3-7-19/h1-9,12-15,17,26H,10-11,16H2,(H,27,31)(H,28,32)(H,29,30). The van der Waals surface area contributed by atoms with Crippen molar-refractivity contribution in [2.75, 3.05) is 27.8 Å². The third-order valence-corrected chi connectivity index (χ3v) is 5.03. The molecular formula is C25H24N4O3. The van der Waals surface area contributed by atoms with E-state index in [1.807, 2.05) is 18.2 Å². The van der Waals surface area contributed by atoms with Gasteiger partial charge in [-0.3, -0.25) is 14.4 Å². The van der Waals surface area contributed by atoms with E-state index in [1.54, 1.807) is 60.7 Å². The van der Waals surface area contributed by atoms with Crippen LogP contribution >= 0.6 is 0 Å². The maximum Gasteiger partial charge on any atom is 0.257 e. The summed E-state index contributed by atoms with van der Waals surface area (Å²) < 4.78 is 0. The predicted octanol–water partition coefficient (Wildman–Crippen LogP) is 4.34. The van der Waals surface area contributed by atoms with Crippen LogP contribution in [0.3, 0.4) is 0 Å². The van der Waals surface area contributed by atoms with Gasteiger partial charge in [-0.2, -0.15) is 0 Å². The lowest BCUT2D eigenvalue weighted by Gasteiger charge is -2.12. The molecule has 0 radical (unpaired) electrons. The maximum absolute atomic E-state index is 12.6. The fourth-order valence-electron chi connectivity index (χ4n) is 3.15. The number of nitrogens with one attached hydrogen (secondary N) is 4. The van der Waals surface area contributed by atoms with Crippen molar-refractivity contribution in [3.63, 3.8) is 0 Å². The van der Waals surface area contributed by atoms with Crippen molar-refractivity contribution in [3.8, 4) is 0 Å². The number of anilines is 4. The first-order valence-electron chi connectivity index (χ1n) is 10.5. The van der Waals surface area contributed by atoms with Crippen molar-refractivity contribution in [2.45, 2.75) is 12.8 Å². The van der Waals surface area contributed by atoms with Crippen LogP contribution in [0.4, 0.5) is 22.7 Å². The molecule has 3 amide bonds. The van der Waals surface area contributed by atoms with Crippen molar-refractivity contribution in [1.82, 2.24) is 0 Å². The summed E-state index contributed by atoms with van der Waals surface area (Å²) in [5.74, 6) is -0.380. The lowest BCUT2D eigenvalue weighted by atomic mass is 10.1. The minimum atomic E-state index is -0.302. The largest absolute Gasteiger partial charge is 0.376 e. The molecule has 4 rings (SSSR count). The van der Waals surface area contributed by atoms with Gasteiger partial charge in [-0.1, -0.05) is 30.3 Å². The molecule has 0 spiro atoms. The number of benzene rings is 3. The van der Waals surface area contributed by atoms with Crippen LogP contribution in [0.5, 0.6) is 0 Å². The topological polar surface area (TPSA) is 99.3 Å². The zero-order valence-corrected chi connectivity index (χ0v) is 17.4. The Morgan fingerprint density at radius 3 is 2.03 bits per heavy atom. The molecule has 0 aromatic heterocycles. The van der Waals surface area contributed by atoms with E-state index >= 15 is 0 Å². The lowest BCUT2D eigenvalue weighted by molar-refractivity contribution is -0.117. The summed E-state index contributed by atoms with van der Waals surface area (Å²) >= 11 is 0. The Morgan fingerprint density at radius 1 is 0.688 bits per heavy atom. The van der Waals surface area contributed by atoms with Gasteiger partial charge >= 0.3 is 0 Å². The number of hydrogen-bond acceptors (Lipinski definition) is 4. The first-order chi connectivity index (χ1) is 15.6. The minimum absolute atomic E-state index is 0.0302. The Balaban J connectivity index is 1.31. The summed E-state index contributed by atoms with van der Waals surface area (Å²) in [6, 6.07) is 23.2. The second-order valence-electron chi connectivity index (χ2n) is 7.61. The van der Waals surface area contributed by atoms with E-state index < -0.39 is 0 Å². The van der Waals surface area contributed by atoms with E-state index in [2.05, 4.69) is 21.3 Å². The van der Waals surface area contributed by atoms with Crippen molar-refractivity contribution in [2.24, 2.45) is 5.92 Å². The van der Waals surface area contributed by atoms with Gasteiger partial charge in [0.1, 0.15) is 0 Å². The molecule has 1 aliphatic carbocycles. The SMILES string of the molecule is O=C(CNc1ccc(NC(=O)C2CC2)cc1)Nc1ccccc1C(=O)Nc1ccccc1. The van der Waals surface area contributed by atoms with E-state index in [1.165, 1.54) is 0 Å². The van der Waals surface area contributed by atoms with Gasteiger partial charge in [0.05, 0.1) is 17.8 Å². The van der Waals surface area contributed by atoms with Crippen LogP contribution in [0.25, 0.3) is 0 Å². The maximum atomic E-state index is 12.6. The van der Waals surface area contributed by atoms with Crippen LogP contribution in [-0.2, 0) is 9.59 Å². The summed E-state index contributed by atoms with van der Waals surface area (Å²) in [5, 5.41) is 11.5. The van der Waals surface area contributed by atoms with Crippen LogP contribution in [0.15, 0.2) is 78.9 Å². The summed E-state index contributed by atoms with van der Waals surface area (Å²) in [6.07, 6.45) is 1.91. The Bertz CT molecular complexity index is 1110. The first kappa shape index (κ1) is 21.1. The summed E-state index contributed by atoms with van der Waals surface area (Å²) in [6.45, 7) is 0.0302. The van der Waals surface area contributed by atoms with Gasteiger partial charge in [0.15, 0.2) is 0 Å². The molecule has 162 valence electrons. The number of para-hydroxylation sites is 2. The van der Waals surface area contributed by atoms with Crippen molar-refractivity contribution < 1.29 is 14.4 Å². The quantitative estimate of drug-likeness (QED) is 0.429. The second-order valence-corrected chi connectivity index (χ2v) is 7.61. The molecular weight excluding hydrogens is 404 g/mol. The number of rotatable bonds is 8. The fraction of sp³-hybridized carbons (Fsp3) is 0.160. The second kappa shape index (κ2) is 9.78. The van der Waals surface area contributed by atoms with Crippen LogP contribution in [0.1, 0.15) is 23.2 Å². The zero-order valence-electron chi connectivity index (χ0n) is 17.4. The number of hydrogen-bond donors (Lipinski definition) is 4. The van der Waals surface area contributed by atoms with Gasteiger partial charge < -0.3 is 21.3 Å². The van der Waals surface area contributed by atoms with E-state index in [0.717, 1.165) is 24.2 Å². The smallest absolute Gasteiger partial charge is 0.257 e. The molecule has 0 heterocycles. The van der Waals surface area contributed by atoms with Crippen molar-refractivity contribution >= 4 is 40.5 Å². The van der Waals surface area contributed by atoms with Gasteiger partial charge in [0.25, 0.3) is 5.91 Å². The number of carbonyl (C=O) groups excluding carboxylic acids is 3. The molecule has 0 atom stereocenters. The zero-order chi connectivity index (χ0) is 22.3. The summed E-state index contributed by atoms with van der Waals surface area (Å²) in [4.78, 5) is 36.9. The van der Waals surface area contributed by atoms with E-state index in [9.17, 15) is 14.4 Å². The van der Waals surface area contributed by atoms with Crippen LogP contribution in [0, 0.1) is 5.92 Å². The molecule has 0 aliphatic heterocycles. The number of carbonyl (C=O) groups is 3. The lowest BCUT2D eigenvalue weighted by Crippen LogP contribution is -2.24. The molecule has 0 bridgehead atoms. The van der Waals surface area contributed by atoms with Crippen molar-refractivity contribution in [1.29, 1.82) is 0 Å². The Morgan fingerprint density at radius 2 is 1.31 bits per heavy atom. The average molecular weight is 428 g/mol. The fourth-order valence-corrected chi connectivity index (χ4v) is 3.15. The molecule has 4 N–H and O–H groups in total. The van der Waals surface area contributed by atoms with E-state index in [0.29, 0.717) is 16.9 Å². The third-order valence-electron chi connectivity index (χ3n) is 5.03. The van der Waals surface area contributed by atoms with Gasteiger partial charge in [0, 0.05) is 23.0 Å². The normalized spacial score (nSPS) is 12.5. The van der Waals surface area contributed by atoms with Crippen LogP contribution < -0.4 is 21.3 Å². The molecule has 3 aromatic rings. The summed E-state index contributed by atoms with van der Waals surface area (Å²) in [5.41, 5.74) is 2.97. The molecule has 32 heavy (non-hydrogen) atoms. The minimum Gasteiger partial charge on any atom is -0.376 e. The summed E-state index contributed by atoms with van der Waals surface area (Å²) in [7, 11) is 0. The molecule has 0 saturated heterocycles. The number of amides is 3. The highest BCUT2D eigenvalue weighted by molar-refractivity contribution is 6.10. The Hall–Kier alpha value is -4.13. The molecule has 1 saturated carbocycles. The van der Waals surface area contributed by atoms with Crippen LogP contribution in [-0.4, -0.2) is 24.3 Å². The predicted molar refractivity (Wildman–Crippen MR) is 126 cm³/mol. The van der Waals surface area contributed by atoms with Crippen molar-refractivity contribution in [3.05, 3.63) is 84.4 Å². The van der Waals surface area contributed by atoms with Crippen LogP contribution in [0.2, 0.25) is 0 Å². The average Bonchev–Trinajstić information content (AvgIpc) is 3.65. The molecule has 1 aliphatic rings. The molecule has 7 heteroatoms. The third kappa shape index (κ3) is 5.72. The van der Waals surface area contributed by atoms with E-state index in [-0.39, 0.29) is 30.2 Å². The van der Waals surface area contributed by atoms with Gasteiger partial charge in [-0.25, -0.2) is 0 Å². The monoisotopic (exact) mass is 428 g/mol. The van der Waals surface area contributed by atoms with E-state index in [4.69, 9.17) is 0 Å². The molecule has 3 aromatic carbocycles. The molecule has 7 nitrogen and oxygen atoms in total. The van der Waals surface area contributed by atoms with Gasteiger partial charge in [0.2, 0.25) is 11.8 Å². The Kier molecular flexibility index (Phi) is 6.46. The van der Waals surface area contributed by atoms with Gasteiger partial charge in [-0.15, -0.1) is 0 Å². The Labute approximate surface area is 186 Å². The highest BCUT2D eigenvalue weighted by Gasteiger charge is 2.29. The van der Waals surface area contributed by atoms with Gasteiger partial charge in [-0.05, 0) is 61.4 Å². The first-order valence-corrected chi connectivity index (χ1v) is 10.5. The highest BCUT2D eigenvalue weighted by Crippen LogP contribution is 2.30.